The van der Waals surface area contributed by atoms with Crippen LogP contribution in [0.4, 0.5) is 24.5 Å². The van der Waals surface area contributed by atoms with Gasteiger partial charge < -0.3 is 20.1 Å². The van der Waals surface area contributed by atoms with Gasteiger partial charge in [-0.1, -0.05) is 12.1 Å². The number of anilines is 2. The van der Waals surface area contributed by atoms with Crippen LogP contribution in [-0.2, 0) is 9.53 Å². The number of amides is 1. The zero-order valence-electron chi connectivity index (χ0n) is 13.2. The molecule has 8 heteroatoms. The van der Waals surface area contributed by atoms with E-state index in [-0.39, 0.29) is 6.61 Å². The number of aliphatic hydroxyl groups is 1. The van der Waals surface area contributed by atoms with Crippen LogP contribution in [-0.4, -0.2) is 50.1 Å². The lowest BCUT2D eigenvalue weighted by atomic mass is 9.97. The summed E-state index contributed by atoms with van der Waals surface area (Å²) in [6, 6.07) is 7.14. The van der Waals surface area contributed by atoms with E-state index in [4.69, 9.17) is 0 Å². The second-order valence-electron chi connectivity index (χ2n) is 5.79. The lowest BCUT2D eigenvalue weighted by Gasteiger charge is -2.34. The number of benzene rings is 1. The van der Waals surface area contributed by atoms with Crippen molar-refractivity contribution in [2.24, 2.45) is 5.92 Å². The van der Waals surface area contributed by atoms with Crippen LogP contribution in [0.1, 0.15) is 12.8 Å². The van der Waals surface area contributed by atoms with Crippen LogP contribution in [0.5, 0.6) is 0 Å². The number of alkyl halides is 3. The van der Waals surface area contributed by atoms with Gasteiger partial charge in [0.05, 0.1) is 11.4 Å². The number of carbonyl (C=O) groups is 1. The Kier molecular flexibility index (Phi) is 6.44. The number of para-hydroxylation sites is 2. The zero-order chi connectivity index (χ0) is 17.6. The first-order valence-electron chi connectivity index (χ1n) is 7.78. The van der Waals surface area contributed by atoms with Crippen molar-refractivity contribution in [3.63, 3.8) is 0 Å². The monoisotopic (exact) mass is 346 g/mol. The molecule has 1 aromatic carbocycles. The minimum Gasteiger partial charge on any atom is -0.396 e. The summed E-state index contributed by atoms with van der Waals surface area (Å²) in [5, 5.41) is 11.8. The molecule has 1 aromatic rings. The molecule has 0 unspecified atom stereocenters. The fourth-order valence-electron chi connectivity index (χ4n) is 2.66. The van der Waals surface area contributed by atoms with Crippen LogP contribution in [0.15, 0.2) is 24.3 Å². The summed E-state index contributed by atoms with van der Waals surface area (Å²) in [6.07, 6.45) is -2.74. The Morgan fingerprint density at radius 2 is 1.96 bits per heavy atom. The van der Waals surface area contributed by atoms with E-state index >= 15 is 0 Å². The van der Waals surface area contributed by atoms with Gasteiger partial charge in [0.15, 0.2) is 0 Å². The first-order chi connectivity index (χ1) is 11.4. The number of halogens is 3. The summed E-state index contributed by atoms with van der Waals surface area (Å²) in [5.74, 6) is -0.337. The molecular formula is C16H21F3N2O3. The number of piperidine rings is 1. The summed E-state index contributed by atoms with van der Waals surface area (Å²) in [7, 11) is 0. The molecule has 5 nitrogen and oxygen atoms in total. The van der Waals surface area contributed by atoms with Crippen molar-refractivity contribution in [2.75, 3.05) is 43.1 Å². The third-order valence-corrected chi connectivity index (χ3v) is 3.89. The van der Waals surface area contributed by atoms with E-state index in [1.165, 1.54) is 0 Å². The number of rotatable bonds is 6. The van der Waals surface area contributed by atoms with E-state index in [9.17, 15) is 23.1 Å². The molecule has 1 aliphatic heterocycles. The second kappa shape index (κ2) is 8.34. The first kappa shape index (κ1) is 18.5. The van der Waals surface area contributed by atoms with Crippen LogP contribution in [0.25, 0.3) is 0 Å². The molecule has 0 aromatic heterocycles. The molecule has 0 spiro atoms. The molecule has 134 valence electrons. The molecule has 2 rings (SSSR count). The van der Waals surface area contributed by atoms with Crippen molar-refractivity contribution in [1.29, 1.82) is 0 Å². The standard InChI is InChI=1S/C16H21F3N2O3/c17-16(18,19)11-24-10-15(23)20-13-3-1-2-4-14(13)21-7-5-12(9-22)6-8-21/h1-4,12,22H,5-11H2,(H,20,23). The highest BCUT2D eigenvalue weighted by molar-refractivity contribution is 5.95. The van der Waals surface area contributed by atoms with E-state index in [1.54, 1.807) is 12.1 Å². The molecular weight excluding hydrogens is 325 g/mol. The molecule has 0 atom stereocenters. The second-order valence-corrected chi connectivity index (χ2v) is 5.79. The molecule has 1 fully saturated rings. The third-order valence-electron chi connectivity index (χ3n) is 3.89. The van der Waals surface area contributed by atoms with Crippen molar-refractivity contribution in [1.82, 2.24) is 0 Å². The van der Waals surface area contributed by atoms with E-state index in [0.29, 0.717) is 11.6 Å². The van der Waals surface area contributed by atoms with Gasteiger partial charge >= 0.3 is 6.18 Å². The van der Waals surface area contributed by atoms with Crippen LogP contribution < -0.4 is 10.2 Å². The average Bonchev–Trinajstić information content (AvgIpc) is 2.54. The first-order valence-corrected chi connectivity index (χ1v) is 7.78. The topological polar surface area (TPSA) is 61.8 Å². The van der Waals surface area contributed by atoms with E-state index in [2.05, 4.69) is 15.0 Å². The Morgan fingerprint density at radius 3 is 2.58 bits per heavy atom. The normalized spacial score (nSPS) is 16.2. The minimum absolute atomic E-state index is 0.169. The summed E-state index contributed by atoms with van der Waals surface area (Å²) in [4.78, 5) is 13.9. The number of carbonyl (C=O) groups excluding carboxylic acids is 1. The predicted molar refractivity (Wildman–Crippen MR) is 84.0 cm³/mol. The Bertz CT molecular complexity index is 544. The maximum Gasteiger partial charge on any atom is 0.411 e. The smallest absolute Gasteiger partial charge is 0.396 e. The van der Waals surface area contributed by atoms with Gasteiger partial charge in [-0.3, -0.25) is 4.79 Å². The van der Waals surface area contributed by atoms with Crippen LogP contribution in [0, 0.1) is 5.92 Å². The summed E-state index contributed by atoms with van der Waals surface area (Å²) >= 11 is 0. The largest absolute Gasteiger partial charge is 0.411 e. The van der Waals surface area contributed by atoms with Crippen molar-refractivity contribution in [3.8, 4) is 0 Å². The lowest BCUT2D eigenvalue weighted by Crippen LogP contribution is -2.35. The number of nitrogens with zero attached hydrogens (tertiary/aromatic N) is 1. The van der Waals surface area contributed by atoms with Crippen molar-refractivity contribution in [3.05, 3.63) is 24.3 Å². The fraction of sp³-hybridized carbons (Fsp3) is 0.562. The highest BCUT2D eigenvalue weighted by atomic mass is 19.4. The van der Waals surface area contributed by atoms with Gasteiger partial charge in [0.1, 0.15) is 13.2 Å². The molecule has 0 saturated carbocycles. The number of hydrogen-bond donors (Lipinski definition) is 2. The molecule has 1 saturated heterocycles. The molecule has 2 N–H and O–H groups in total. The average molecular weight is 346 g/mol. The summed E-state index contributed by atoms with van der Waals surface area (Å²) in [6.45, 7) is -0.425. The predicted octanol–water partition coefficient (Wildman–Crippen LogP) is 2.41. The Balaban J connectivity index is 1.93. The summed E-state index contributed by atoms with van der Waals surface area (Å²) < 4.78 is 40.4. The highest BCUT2D eigenvalue weighted by Gasteiger charge is 2.28. The van der Waals surface area contributed by atoms with Crippen LogP contribution in [0.3, 0.4) is 0 Å². The van der Waals surface area contributed by atoms with E-state index < -0.39 is 25.3 Å². The quantitative estimate of drug-likeness (QED) is 0.830. The maximum absolute atomic E-state index is 12.0. The molecule has 1 amide bonds. The van der Waals surface area contributed by atoms with Crippen LogP contribution in [0.2, 0.25) is 0 Å². The molecule has 24 heavy (non-hydrogen) atoms. The van der Waals surface area contributed by atoms with Gasteiger partial charge in [-0.15, -0.1) is 0 Å². The number of hydrogen-bond acceptors (Lipinski definition) is 4. The third kappa shape index (κ3) is 5.68. The van der Waals surface area contributed by atoms with Crippen molar-refractivity contribution in [2.45, 2.75) is 19.0 Å². The Hall–Kier alpha value is -1.80. The molecule has 0 radical (unpaired) electrons. The fourth-order valence-corrected chi connectivity index (χ4v) is 2.66. The number of ether oxygens (including phenoxy) is 1. The Labute approximate surface area is 138 Å². The van der Waals surface area contributed by atoms with Gasteiger partial charge in [-0.2, -0.15) is 13.2 Å². The van der Waals surface area contributed by atoms with E-state index in [0.717, 1.165) is 31.6 Å². The van der Waals surface area contributed by atoms with Crippen molar-refractivity contribution >= 4 is 17.3 Å². The zero-order valence-corrected chi connectivity index (χ0v) is 13.2. The molecule has 0 bridgehead atoms. The van der Waals surface area contributed by atoms with Gasteiger partial charge in [0, 0.05) is 19.7 Å². The molecule has 1 aliphatic rings. The van der Waals surface area contributed by atoms with Gasteiger partial charge in [0.2, 0.25) is 5.91 Å². The Morgan fingerprint density at radius 1 is 1.29 bits per heavy atom. The van der Waals surface area contributed by atoms with Gasteiger partial charge in [-0.05, 0) is 30.9 Å². The maximum atomic E-state index is 12.0. The van der Waals surface area contributed by atoms with Crippen molar-refractivity contribution < 1.29 is 27.8 Å². The van der Waals surface area contributed by atoms with Crippen LogP contribution >= 0.6 is 0 Å². The minimum atomic E-state index is -4.45. The van der Waals surface area contributed by atoms with E-state index in [1.807, 2.05) is 12.1 Å². The number of nitrogens with one attached hydrogen (secondary N) is 1. The van der Waals surface area contributed by atoms with Gasteiger partial charge in [-0.25, -0.2) is 0 Å². The molecule has 0 aliphatic carbocycles. The SMILES string of the molecule is O=C(COCC(F)(F)F)Nc1ccccc1N1CCC(CO)CC1. The lowest BCUT2D eigenvalue weighted by molar-refractivity contribution is -0.174. The summed E-state index contributed by atoms with van der Waals surface area (Å²) in [5.41, 5.74) is 1.36. The highest BCUT2D eigenvalue weighted by Crippen LogP contribution is 2.29. The van der Waals surface area contributed by atoms with Gasteiger partial charge in [0.25, 0.3) is 0 Å². The number of aliphatic hydroxyl groups excluding tert-OH is 1. The molecule has 1 heterocycles.